The molecule has 0 radical (unpaired) electrons. The molecule has 0 aromatic heterocycles. The molecule has 0 aliphatic rings. The van der Waals surface area contributed by atoms with Crippen LogP contribution in [0.25, 0.3) is 0 Å². The van der Waals surface area contributed by atoms with Crippen LogP contribution in [0.15, 0.2) is 18.2 Å². The van der Waals surface area contributed by atoms with Crippen molar-refractivity contribution in [3.05, 3.63) is 29.6 Å². The minimum Gasteiger partial charge on any atom is -0.479 e. The lowest BCUT2D eigenvalue weighted by atomic mass is 10.1. The first kappa shape index (κ1) is 15.4. The summed E-state index contributed by atoms with van der Waals surface area (Å²) in [5.74, 6) is -0.793. The third kappa shape index (κ3) is 4.21. The molecule has 1 unspecified atom stereocenters. The van der Waals surface area contributed by atoms with E-state index < -0.39 is 24.0 Å². The molecule has 1 rings (SSSR count). The molecular formula is C14H19FO4. The maximum Gasteiger partial charge on any atom is 0.347 e. The van der Waals surface area contributed by atoms with Crippen molar-refractivity contribution in [1.29, 1.82) is 0 Å². The summed E-state index contributed by atoms with van der Waals surface area (Å²) < 4.78 is 23.9. The van der Waals surface area contributed by atoms with Crippen molar-refractivity contribution in [2.75, 3.05) is 6.61 Å². The molecular weight excluding hydrogens is 251 g/mol. The minimum absolute atomic E-state index is 0.191. The fourth-order valence-corrected chi connectivity index (χ4v) is 1.62. The van der Waals surface area contributed by atoms with Gasteiger partial charge in [0.2, 0.25) is 0 Å². The lowest BCUT2D eigenvalue weighted by Gasteiger charge is -2.16. The van der Waals surface area contributed by atoms with Crippen molar-refractivity contribution in [2.45, 2.75) is 39.4 Å². The highest BCUT2D eigenvalue weighted by Gasteiger charge is 2.20. The number of halogens is 1. The summed E-state index contributed by atoms with van der Waals surface area (Å²) in [6.07, 6.45) is -1.21. The SMILES string of the molecule is CCOC(=O)C(CC)Oc1ccc([C@@H](C)O)c(F)c1. The Bertz CT molecular complexity index is 431. The van der Waals surface area contributed by atoms with E-state index in [0.717, 1.165) is 6.07 Å². The van der Waals surface area contributed by atoms with Crippen molar-refractivity contribution >= 4 is 5.97 Å². The summed E-state index contributed by atoms with van der Waals surface area (Å²) >= 11 is 0. The van der Waals surface area contributed by atoms with Crippen molar-refractivity contribution in [1.82, 2.24) is 0 Å². The summed E-state index contributed by atoms with van der Waals surface area (Å²) in [4.78, 5) is 11.6. The van der Waals surface area contributed by atoms with E-state index in [1.165, 1.54) is 19.1 Å². The summed E-state index contributed by atoms with van der Waals surface area (Å²) in [5.41, 5.74) is 0.191. The maximum atomic E-state index is 13.6. The first-order valence-corrected chi connectivity index (χ1v) is 6.30. The van der Waals surface area contributed by atoms with E-state index in [1.54, 1.807) is 13.8 Å². The van der Waals surface area contributed by atoms with Crippen LogP contribution in [0.4, 0.5) is 4.39 Å². The number of hydrogen-bond donors (Lipinski definition) is 1. The Morgan fingerprint density at radius 3 is 2.58 bits per heavy atom. The summed E-state index contributed by atoms with van der Waals surface area (Å²) in [6, 6.07) is 4.12. The number of esters is 1. The number of carbonyl (C=O) groups is 1. The average Bonchev–Trinajstić information content (AvgIpc) is 2.35. The van der Waals surface area contributed by atoms with Crippen LogP contribution < -0.4 is 4.74 Å². The molecule has 0 aliphatic carbocycles. The van der Waals surface area contributed by atoms with Gasteiger partial charge in [0.05, 0.1) is 12.7 Å². The molecule has 0 saturated carbocycles. The van der Waals surface area contributed by atoms with Gasteiger partial charge in [0, 0.05) is 11.6 Å². The first-order chi connectivity index (χ1) is 8.99. The molecule has 0 saturated heterocycles. The van der Waals surface area contributed by atoms with Crippen molar-refractivity contribution in [2.24, 2.45) is 0 Å². The van der Waals surface area contributed by atoms with Gasteiger partial charge in [-0.2, -0.15) is 0 Å². The van der Waals surface area contributed by atoms with Crippen molar-refractivity contribution in [3.8, 4) is 5.75 Å². The standard InChI is InChI=1S/C14H19FO4/c1-4-13(14(17)18-5-2)19-10-6-7-11(9(3)16)12(15)8-10/h6-9,13,16H,4-5H2,1-3H3/t9-,13?/m1/s1. The molecule has 0 aliphatic heterocycles. The van der Waals surface area contributed by atoms with Crippen LogP contribution in [0.2, 0.25) is 0 Å². The summed E-state index contributed by atoms with van der Waals surface area (Å²) in [7, 11) is 0. The minimum atomic E-state index is -0.888. The number of aliphatic hydroxyl groups is 1. The largest absolute Gasteiger partial charge is 0.479 e. The molecule has 4 nitrogen and oxygen atoms in total. The van der Waals surface area contributed by atoms with Gasteiger partial charge in [-0.05, 0) is 32.4 Å². The lowest BCUT2D eigenvalue weighted by molar-refractivity contribution is -0.151. The van der Waals surface area contributed by atoms with Crippen LogP contribution in [-0.4, -0.2) is 23.8 Å². The first-order valence-electron chi connectivity index (χ1n) is 6.30. The Morgan fingerprint density at radius 1 is 1.42 bits per heavy atom. The Hall–Kier alpha value is -1.62. The molecule has 0 bridgehead atoms. The quantitative estimate of drug-likeness (QED) is 0.807. The second kappa shape index (κ2) is 7.09. The number of carbonyl (C=O) groups excluding carboxylic acids is 1. The Balaban J connectivity index is 2.81. The molecule has 106 valence electrons. The molecule has 19 heavy (non-hydrogen) atoms. The van der Waals surface area contributed by atoms with E-state index in [-0.39, 0.29) is 17.9 Å². The number of aliphatic hydroxyl groups excluding tert-OH is 1. The molecule has 2 atom stereocenters. The maximum absolute atomic E-state index is 13.6. The van der Waals surface area contributed by atoms with Gasteiger partial charge in [0.15, 0.2) is 6.10 Å². The molecule has 0 amide bonds. The molecule has 1 N–H and O–H groups in total. The summed E-state index contributed by atoms with van der Waals surface area (Å²) in [6.45, 7) is 5.24. The number of ether oxygens (including phenoxy) is 2. The van der Waals surface area contributed by atoms with Gasteiger partial charge < -0.3 is 14.6 Å². The monoisotopic (exact) mass is 270 g/mol. The zero-order valence-corrected chi connectivity index (χ0v) is 11.4. The Morgan fingerprint density at radius 2 is 2.11 bits per heavy atom. The molecule has 1 aromatic carbocycles. The van der Waals surface area contributed by atoms with Gasteiger partial charge in [0.1, 0.15) is 11.6 Å². The van der Waals surface area contributed by atoms with Gasteiger partial charge in [-0.25, -0.2) is 9.18 Å². The van der Waals surface area contributed by atoms with E-state index in [0.29, 0.717) is 6.42 Å². The van der Waals surface area contributed by atoms with Crippen LogP contribution >= 0.6 is 0 Å². The van der Waals surface area contributed by atoms with Gasteiger partial charge in [-0.3, -0.25) is 0 Å². The molecule has 1 aromatic rings. The fourth-order valence-electron chi connectivity index (χ4n) is 1.62. The second-order valence-corrected chi connectivity index (χ2v) is 4.13. The van der Waals surface area contributed by atoms with E-state index in [2.05, 4.69) is 0 Å². The van der Waals surface area contributed by atoms with E-state index >= 15 is 0 Å². The highest BCUT2D eigenvalue weighted by atomic mass is 19.1. The number of rotatable bonds is 6. The van der Waals surface area contributed by atoms with Crippen molar-refractivity contribution < 1.29 is 23.8 Å². The Kier molecular flexibility index (Phi) is 5.76. The van der Waals surface area contributed by atoms with Gasteiger partial charge >= 0.3 is 5.97 Å². The van der Waals surface area contributed by atoms with E-state index in [1.807, 2.05) is 0 Å². The number of benzene rings is 1. The third-order valence-electron chi connectivity index (χ3n) is 2.62. The fraction of sp³-hybridized carbons (Fsp3) is 0.500. The van der Waals surface area contributed by atoms with Gasteiger partial charge in [0.25, 0.3) is 0 Å². The Labute approximate surface area is 112 Å². The zero-order chi connectivity index (χ0) is 14.4. The van der Waals surface area contributed by atoms with Crippen LogP contribution in [-0.2, 0) is 9.53 Å². The predicted molar refractivity (Wildman–Crippen MR) is 68.4 cm³/mol. The smallest absolute Gasteiger partial charge is 0.347 e. The lowest BCUT2D eigenvalue weighted by Crippen LogP contribution is -2.28. The summed E-state index contributed by atoms with van der Waals surface area (Å²) in [5, 5.41) is 9.33. The van der Waals surface area contributed by atoms with Crippen molar-refractivity contribution in [3.63, 3.8) is 0 Å². The molecule has 0 fully saturated rings. The predicted octanol–water partition coefficient (Wildman–Crippen LogP) is 2.60. The van der Waals surface area contributed by atoms with Crippen LogP contribution in [0.3, 0.4) is 0 Å². The molecule has 0 spiro atoms. The van der Waals surface area contributed by atoms with Crippen LogP contribution in [0.1, 0.15) is 38.9 Å². The third-order valence-corrected chi connectivity index (χ3v) is 2.62. The highest BCUT2D eigenvalue weighted by Crippen LogP contribution is 2.23. The number of hydrogen-bond acceptors (Lipinski definition) is 4. The molecule has 5 heteroatoms. The topological polar surface area (TPSA) is 55.8 Å². The average molecular weight is 270 g/mol. The second-order valence-electron chi connectivity index (χ2n) is 4.13. The van der Waals surface area contributed by atoms with Gasteiger partial charge in [-0.15, -0.1) is 0 Å². The molecule has 0 heterocycles. The van der Waals surface area contributed by atoms with E-state index in [4.69, 9.17) is 9.47 Å². The van der Waals surface area contributed by atoms with Crippen LogP contribution in [0.5, 0.6) is 5.75 Å². The van der Waals surface area contributed by atoms with Gasteiger partial charge in [-0.1, -0.05) is 6.92 Å². The zero-order valence-electron chi connectivity index (χ0n) is 11.4. The highest BCUT2D eigenvalue weighted by molar-refractivity contribution is 5.75. The van der Waals surface area contributed by atoms with Crippen LogP contribution in [0, 0.1) is 5.82 Å². The normalized spacial score (nSPS) is 13.7. The van der Waals surface area contributed by atoms with E-state index in [9.17, 15) is 14.3 Å².